The van der Waals surface area contributed by atoms with Gasteiger partial charge in [-0.2, -0.15) is 0 Å². The Labute approximate surface area is 130 Å². The van der Waals surface area contributed by atoms with E-state index in [1.165, 1.54) is 5.56 Å². The largest absolute Gasteiger partial charge is 0.350 e. The summed E-state index contributed by atoms with van der Waals surface area (Å²) >= 11 is 7.14. The van der Waals surface area contributed by atoms with Gasteiger partial charge in [-0.05, 0) is 36.4 Å². The maximum Gasteiger partial charge on any atom is 0.0737 e. The minimum absolute atomic E-state index is 0.844. The van der Waals surface area contributed by atoms with Gasteiger partial charge in [0.15, 0.2) is 0 Å². The molecule has 0 aliphatic rings. The lowest BCUT2D eigenvalue weighted by Crippen LogP contribution is -2.01. The smallest absolute Gasteiger partial charge is 0.0737 e. The van der Waals surface area contributed by atoms with Crippen LogP contribution >= 0.6 is 24.0 Å². The van der Waals surface area contributed by atoms with Gasteiger partial charge in [0.2, 0.25) is 0 Å². The molecule has 2 aromatic rings. The number of para-hydroxylation sites is 1. The lowest BCUT2D eigenvalue weighted by atomic mass is 10.1. The van der Waals surface area contributed by atoms with Crippen LogP contribution in [0.15, 0.2) is 65.7 Å². The van der Waals surface area contributed by atoms with Crippen molar-refractivity contribution >= 4 is 34.5 Å². The Balaban J connectivity index is 2.18. The van der Waals surface area contributed by atoms with Crippen LogP contribution in [0.5, 0.6) is 0 Å². The molecule has 2 rings (SSSR count). The molecule has 0 radical (unpaired) electrons. The van der Waals surface area contributed by atoms with Gasteiger partial charge in [-0.15, -0.1) is 11.8 Å². The van der Waals surface area contributed by atoms with Gasteiger partial charge in [0.05, 0.1) is 5.03 Å². The zero-order valence-electron chi connectivity index (χ0n) is 11.6. The molecule has 0 saturated heterocycles. The highest BCUT2D eigenvalue weighted by atomic mass is 32.2. The van der Waals surface area contributed by atoms with Crippen molar-refractivity contribution in [3.63, 3.8) is 0 Å². The van der Waals surface area contributed by atoms with Crippen LogP contribution in [-0.4, -0.2) is 11.1 Å². The minimum Gasteiger partial charge on any atom is -0.350 e. The van der Waals surface area contributed by atoms with E-state index in [4.69, 9.17) is 12.2 Å². The molecule has 20 heavy (non-hydrogen) atoms. The average molecular weight is 299 g/mol. The molecule has 0 amide bonds. The number of thioether (sulfide) groups is 1. The van der Waals surface area contributed by atoms with E-state index in [0.717, 1.165) is 21.1 Å². The summed E-state index contributed by atoms with van der Waals surface area (Å²) in [5.41, 5.74) is 3.41. The highest BCUT2D eigenvalue weighted by Gasteiger charge is 2.03. The van der Waals surface area contributed by atoms with E-state index in [1.807, 2.05) is 54.8 Å². The van der Waals surface area contributed by atoms with Crippen molar-refractivity contribution in [1.29, 1.82) is 0 Å². The topological polar surface area (TPSA) is 12.0 Å². The summed E-state index contributed by atoms with van der Waals surface area (Å²) in [5, 5.41) is 4.48. The first-order valence-electron chi connectivity index (χ1n) is 6.38. The number of allylic oxidation sites excluding steroid dienone is 1. The Morgan fingerprint density at radius 2 is 1.70 bits per heavy atom. The predicted octanol–water partition coefficient (Wildman–Crippen LogP) is 5.03. The molecule has 1 nitrogen and oxygen atoms in total. The number of hydrogen-bond acceptors (Lipinski definition) is 3. The molecule has 0 aliphatic heterocycles. The zero-order chi connectivity index (χ0) is 14.4. The van der Waals surface area contributed by atoms with Gasteiger partial charge in [-0.3, -0.25) is 0 Å². The van der Waals surface area contributed by atoms with Gasteiger partial charge in [-0.25, -0.2) is 0 Å². The summed E-state index contributed by atoms with van der Waals surface area (Å²) < 4.78 is 0. The predicted molar refractivity (Wildman–Crippen MR) is 94.5 cm³/mol. The van der Waals surface area contributed by atoms with Crippen LogP contribution in [0.1, 0.15) is 11.1 Å². The molecule has 2 aromatic carbocycles. The van der Waals surface area contributed by atoms with Gasteiger partial charge in [0.25, 0.3) is 0 Å². The van der Waals surface area contributed by atoms with E-state index in [1.54, 1.807) is 11.8 Å². The Morgan fingerprint density at radius 1 is 1.05 bits per heavy atom. The quantitative estimate of drug-likeness (QED) is 0.472. The van der Waals surface area contributed by atoms with Gasteiger partial charge in [0, 0.05) is 10.6 Å². The highest BCUT2D eigenvalue weighted by molar-refractivity contribution is 8.02. The van der Waals surface area contributed by atoms with Crippen molar-refractivity contribution in [3.8, 4) is 0 Å². The third-order valence-corrected chi connectivity index (χ3v) is 3.96. The fourth-order valence-corrected chi connectivity index (χ4v) is 2.57. The van der Waals surface area contributed by atoms with Crippen LogP contribution in [0.25, 0.3) is 0 Å². The molecule has 0 aliphatic carbocycles. The highest BCUT2D eigenvalue weighted by Crippen LogP contribution is 2.21. The summed E-state index contributed by atoms with van der Waals surface area (Å²) in [5.74, 6) is 0. The summed E-state index contributed by atoms with van der Waals surface area (Å²) in [6.45, 7) is 2.09. The van der Waals surface area contributed by atoms with Gasteiger partial charge in [-0.1, -0.05) is 60.7 Å². The molecule has 0 atom stereocenters. The monoisotopic (exact) mass is 299 g/mol. The van der Waals surface area contributed by atoms with Crippen LogP contribution in [0.3, 0.4) is 0 Å². The van der Waals surface area contributed by atoms with E-state index in [2.05, 4.69) is 24.4 Å². The first-order chi connectivity index (χ1) is 9.70. The lowest BCUT2D eigenvalue weighted by molar-refractivity contribution is 1.43. The van der Waals surface area contributed by atoms with Crippen molar-refractivity contribution in [2.75, 3.05) is 11.6 Å². The molecule has 102 valence electrons. The second-order valence-corrected chi connectivity index (χ2v) is 5.67. The summed E-state index contributed by atoms with van der Waals surface area (Å²) in [7, 11) is 0. The number of anilines is 1. The number of rotatable bonds is 5. The molecule has 0 unspecified atom stereocenters. The molecule has 0 bridgehead atoms. The van der Waals surface area contributed by atoms with E-state index in [0.29, 0.717) is 0 Å². The fraction of sp³-hybridized carbons (Fsp3) is 0.118. The van der Waals surface area contributed by atoms with Crippen LogP contribution < -0.4 is 5.32 Å². The number of nitrogens with one attached hydrogen (secondary N) is 1. The van der Waals surface area contributed by atoms with Crippen molar-refractivity contribution in [1.82, 2.24) is 0 Å². The van der Waals surface area contributed by atoms with E-state index in [9.17, 15) is 0 Å². The first-order valence-corrected chi connectivity index (χ1v) is 8.01. The Morgan fingerprint density at radius 3 is 2.35 bits per heavy atom. The second-order valence-electron chi connectivity index (χ2n) is 4.38. The number of benzene rings is 2. The molecule has 0 fully saturated rings. The van der Waals surface area contributed by atoms with Gasteiger partial charge in [0.1, 0.15) is 0 Å². The molecule has 0 aromatic heterocycles. The SMILES string of the molecule is CS/C(=C/C(=S)c1ccccc1)Nc1ccccc1C. The Bertz CT molecular complexity index is 618. The molecular weight excluding hydrogens is 282 g/mol. The van der Waals surface area contributed by atoms with Crippen LogP contribution in [0.4, 0.5) is 5.69 Å². The summed E-state index contributed by atoms with van der Waals surface area (Å²) in [6.07, 6.45) is 4.06. The Kier molecular flexibility index (Phi) is 5.39. The second kappa shape index (κ2) is 7.27. The number of thiocarbonyl (C=S) groups is 1. The number of aryl methyl sites for hydroxylation is 1. The molecule has 1 N–H and O–H groups in total. The zero-order valence-corrected chi connectivity index (χ0v) is 13.2. The van der Waals surface area contributed by atoms with E-state index in [-0.39, 0.29) is 0 Å². The average Bonchev–Trinajstić information content (AvgIpc) is 2.49. The summed E-state index contributed by atoms with van der Waals surface area (Å²) in [4.78, 5) is 0.844. The first kappa shape index (κ1) is 14.8. The lowest BCUT2D eigenvalue weighted by Gasteiger charge is -2.11. The third-order valence-electron chi connectivity index (χ3n) is 2.94. The molecular formula is C17H17NS2. The van der Waals surface area contributed by atoms with Gasteiger partial charge >= 0.3 is 0 Å². The van der Waals surface area contributed by atoms with E-state index >= 15 is 0 Å². The van der Waals surface area contributed by atoms with Crippen LogP contribution in [-0.2, 0) is 0 Å². The molecule has 3 heteroatoms. The van der Waals surface area contributed by atoms with Gasteiger partial charge < -0.3 is 5.32 Å². The minimum atomic E-state index is 0.844. The standard InChI is InChI=1S/C17H17NS2/c1-13-8-6-7-11-15(13)18-17(20-2)12-16(19)14-9-4-3-5-10-14/h3-12,18H,1-2H3/b17-12+. The third kappa shape index (κ3) is 3.95. The fourth-order valence-electron chi connectivity index (χ4n) is 1.80. The van der Waals surface area contributed by atoms with Crippen LogP contribution in [0.2, 0.25) is 0 Å². The van der Waals surface area contributed by atoms with Crippen molar-refractivity contribution in [3.05, 3.63) is 76.8 Å². The van der Waals surface area contributed by atoms with Crippen molar-refractivity contribution < 1.29 is 0 Å². The van der Waals surface area contributed by atoms with Crippen molar-refractivity contribution in [2.24, 2.45) is 0 Å². The summed E-state index contributed by atoms with van der Waals surface area (Å²) in [6, 6.07) is 18.3. The number of hydrogen-bond donors (Lipinski definition) is 1. The van der Waals surface area contributed by atoms with Crippen LogP contribution in [0, 0.1) is 6.92 Å². The maximum atomic E-state index is 5.48. The molecule has 0 heterocycles. The van der Waals surface area contributed by atoms with Crippen molar-refractivity contribution in [2.45, 2.75) is 6.92 Å². The molecule has 0 saturated carbocycles. The molecule has 0 spiro atoms. The Hall–Kier alpha value is -1.58. The maximum absolute atomic E-state index is 5.48. The normalized spacial score (nSPS) is 11.2. The van der Waals surface area contributed by atoms with E-state index < -0.39 is 0 Å².